The predicted octanol–water partition coefficient (Wildman–Crippen LogP) is 3.50. The highest BCUT2D eigenvalue weighted by Crippen LogP contribution is 2.33. The Labute approximate surface area is 200 Å². The van der Waals surface area contributed by atoms with Gasteiger partial charge in [0.25, 0.3) is 15.9 Å². The van der Waals surface area contributed by atoms with Crippen LogP contribution in [-0.4, -0.2) is 50.5 Å². The summed E-state index contributed by atoms with van der Waals surface area (Å²) >= 11 is 2.60. The van der Waals surface area contributed by atoms with E-state index in [0.717, 1.165) is 10.2 Å². The zero-order valence-corrected chi connectivity index (χ0v) is 20.8. The summed E-state index contributed by atoms with van der Waals surface area (Å²) in [5, 5.41) is 1.75. The fraction of sp³-hybridized carbons (Fsp3) is 0.364. The summed E-state index contributed by atoms with van der Waals surface area (Å²) in [6, 6.07) is 7.07. The Morgan fingerprint density at radius 2 is 1.94 bits per heavy atom. The van der Waals surface area contributed by atoms with E-state index in [4.69, 9.17) is 9.47 Å². The second kappa shape index (κ2) is 9.80. The van der Waals surface area contributed by atoms with Crippen molar-refractivity contribution in [1.29, 1.82) is 0 Å². The van der Waals surface area contributed by atoms with Gasteiger partial charge in [-0.3, -0.25) is 4.79 Å². The van der Waals surface area contributed by atoms with Gasteiger partial charge in [-0.15, -0.1) is 17.9 Å². The number of thiazole rings is 1. The Bertz CT molecular complexity index is 1330. The molecule has 1 saturated heterocycles. The van der Waals surface area contributed by atoms with E-state index in [1.807, 2.05) is 16.7 Å². The summed E-state index contributed by atoms with van der Waals surface area (Å²) in [6.07, 6.45) is 2.64. The van der Waals surface area contributed by atoms with Crippen LogP contribution in [0.5, 0.6) is 11.5 Å². The van der Waals surface area contributed by atoms with E-state index in [2.05, 4.69) is 11.6 Å². The van der Waals surface area contributed by atoms with E-state index < -0.39 is 10.0 Å². The zero-order chi connectivity index (χ0) is 23.6. The van der Waals surface area contributed by atoms with E-state index in [-0.39, 0.29) is 11.8 Å². The first kappa shape index (κ1) is 23.7. The van der Waals surface area contributed by atoms with E-state index in [9.17, 15) is 13.2 Å². The smallest absolute Gasteiger partial charge is 0.252 e. The molecule has 0 N–H and O–H groups in total. The predicted molar refractivity (Wildman–Crippen MR) is 129 cm³/mol. The molecule has 0 unspecified atom stereocenters. The molecule has 0 saturated carbocycles. The lowest BCUT2D eigenvalue weighted by Crippen LogP contribution is -2.40. The monoisotopic (exact) mass is 507 g/mol. The Hall–Kier alpha value is -2.47. The highest BCUT2D eigenvalue weighted by Gasteiger charge is 2.32. The molecule has 0 spiro atoms. The fourth-order valence-corrected chi connectivity index (χ4v) is 7.52. The van der Waals surface area contributed by atoms with Crippen LogP contribution in [0, 0.1) is 5.92 Å². The molecule has 1 amide bonds. The number of carbonyl (C=O) groups excluding carboxylic acids is 1. The minimum atomic E-state index is -3.50. The maximum atomic E-state index is 13.0. The number of amides is 1. The van der Waals surface area contributed by atoms with Gasteiger partial charge in [0, 0.05) is 37.7 Å². The molecule has 0 atom stereocenters. The third-order valence-corrected chi connectivity index (χ3v) is 9.91. The van der Waals surface area contributed by atoms with Crippen molar-refractivity contribution < 1.29 is 22.7 Å². The summed E-state index contributed by atoms with van der Waals surface area (Å²) in [4.78, 5) is 18.0. The summed E-state index contributed by atoms with van der Waals surface area (Å²) in [5.74, 6) is 0.657. The van der Waals surface area contributed by atoms with Gasteiger partial charge >= 0.3 is 0 Å². The minimum Gasteiger partial charge on any atom is -0.493 e. The number of rotatable bonds is 7. The van der Waals surface area contributed by atoms with Crippen molar-refractivity contribution in [2.24, 2.45) is 10.9 Å². The molecule has 176 valence electrons. The number of ether oxygens (including phenoxy) is 2. The van der Waals surface area contributed by atoms with Gasteiger partial charge in [-0.2, -0.15) is 9.30 Å². The topological polar surface area (TPSA) is 90.2 Å². The first-order valence-electron chi connectivity index (χ1n) is 10.4. The number of hydrogen-bond donors (Lipinski definition) is 0. The molecule has 11 heteroatoms. The molecule has 8 nitrogen and oxygen atoms in total. The van der Waals surface area contributed by atoms with Crippen molar-refractivity contribution in [3.8, 4) is 11.5 Å². The molecule has 33 heavy (non-hydrogen) atoms. The Morgan fingerprint density at radius 3 is 2.55 bits per heavy atom. The first-order chi connectivity index (χ1) is 15.9. The number of allylic oxidation sites excluding steroid dienone is 1. The SMILES string of the molecule is C=CCn1c(=NC(=O)C2CCN(S(=O)(=O)c3cccs3)CC2)sc2cc(OC)c(OC)cc21. The van der Waals surface area contributed by atoms with Crippen molar-refractivity contribution in [3.63, 3.8) is 0 Å². The number of hydrogen-bond acceptors (Lipinski definition) is 7. The van der Waals surface area contributed by atoms with Crippen LogP contribution in [0.25, 0.3) is 10.2 Å². The highest BCUT2D eigenvalue weighted by molar-refractivity contribution is 7.91. The lowest BCUT2D eigenvalue weighted by Gasteiger charge is -2.29. The van der Waals surface area contributed by atoms with Gasteiger partial charge in [0.05, 0.1) is 24.4 Å². The van der Waals surface area contributed by atoms with Crippen molar-refractivity contribution in [3.05, 3.63) is 47.1 Å². The van der Waals surface area contributed by atoms with Gasteiger partial charge in [-0.1, -0.05) is 23.5 Å². The van der Waals surface area contributed by atoms with Crippen LogP contribution in [0.4, 0.5) is 0 Å². The molecular weight excluding hydrogens is 482 g/mol. The summed E-state index contributed by atoms with van der Waals surface area (Å²) in [7, 11) is -0.343. The molecule has 0 aliphatic carbocycles. The summed E-state index contributed by atoms with van der Waals surface area (Å²) in [6.45, 7) is 4.92. The molecule has 0 radical (unpaired) electrons. The number of carbonyl (C=O) groups is 1. The molecule has 3 heterocycles. The van der Waals surface area contributed by atoms with Crippen LogP contribution in [0.3, 0.4) is 0 Å². The van der Waals surface area contributed by atoms with Gasteiger partial charge in [0.1, 0.15) is 4.21 Å². The highest BCUT2D eigenvalue weighted by atomic mass is 32.2. The molecular formula is C22H25N3O5S3. The van der Waals surface area contributed by atoms with Crippen LogP contribution < -0.4 is 14.3 Å². The summed E-state index contributed by atoms with van der Waals surface area (Å²) < 4.78 is 40.9. The average molecular weight is 508 g/mol. The Balaban J connectivity index is 1.59. The van der Waals surface area contributed by atoms with Crippen molar-refractivity contribution >= 4 is 48.8 Å². The molecule has 2 aromatic heterocycles. The number of piperidine rings is 1. The van der Waals surface area contributed by atoms with Crippen molar-refractivity contribution in [2.45, 2.75) is 23.6 Å². The van der Waals surface area contributed by atoms with Crippen LogP contribution in [0.1, 0.15) is 12.8 Å². The Kier molecular flexibility index (Phi) is 7.03. The van der Waals surface area contributed by atoms with Gasteiger partial charge < -0.3 is 14.0 Å². The van der Waals surface area contributed by atoms with Crippen molar-refractivity contribution in [2.75, 3.05) is 27.3 Å². The standard InChI is InChI=1S/C22H25N3O5S3/c1-4-9-25-16-13-17(29-2)18(30-3)14-19(16)32-22(25)23-21(26)15-7-10-24(11-8-15)33(27,28)20-6-5-12-31-20/h4-6,12-15H,1,7-11H2,2-3H3. The van der Waals surface area contributed by atoms with Crippen molar-refractivity contribution in [1.82, 2.24) is 8.87 Å². The second-order valence-corrected chi connectivity index (χ2v) is 11.6. The maximum absolute atomic E-state index is 13.0. The average Bonchev–Trinajstić information content (AvgIpc) is 3.48. The van der Waals surface area contributed by atoms with Gasteiger partial charge in [-0.25, -0.2) is 8.42 Å². The molecule has 1 aromatic carbocycles. The number of fused-ring (bicyclic) bond motifs is 1. The largest absolute Gasteiger partial charge is 0.493 e. The van der Waals surface area contributed by atoms with Crippen LogP contribution in [-0.2, 0) is 21.4 Å². The molecule has 1 aliphatic heterocycles. The lowest BCUT2D eigenvalue weighted by molar-refractivity contribution is -0.122. The fourth-order valence-electron chi connectivity index (χ4n) is 3.85. The molecule has 1 aliphatic rings. The maximum Gasteiger partial charge on any atom is 0.252 e. The second-order valence-electron chi connectivity index (χ2n) is 7.52. The first-order valence-corrected chi connectivity index (χ1v) is 13.5. The lowest BCUT2D eigenvalue weighted by atomic mass is 9.98. The summed E-state index contributed by atoms with van der Waals surface area (Å²) in [5.41, 5.74) is 0.876. The number of thiophene rings is 1. The van der Waals surface area contributed by atoms with E-state index >= 15 is 0 Å². The number of sulfonamides is 1. The Morgan fingerprint density at radius 1 is 1.24 bits per heavy atom. The van der Waals surface area contributed by atoms with Gasteiger partial charge in [0.2, 0.25) is 0 Å². The molecule has 0 bridgehead atoms. The van der Waals surface area contributed by atoms with Crippen LogP contribution >= 0.6 is 22.7 Å². The van der Waals surface area contributed by atoms with Gasteiger partial charge in [-0.05, 0) is 24.3 Å². The zero-order valence-electron chi connectivity index (χ0n) is 18.4. The van der Waals surface area contributed by atoms with Crippen LogP contribution in [0.15, 0.2) is 51.5 Å². The van der Waals surface area contributed by atoms with Crippen LogP contribution in [0.2, 0.25) is 0 Å². The third-order valence-electron chi connectivity index (χ3n) is 5.60. The minimum absolute atomic E-state index is 0.230. The normalized spacial score (nSPS) is 16.2. The van der Waals surface area contributed by atoms with E-state index in [0.29, 0.717) is 53.0 Å². The molecule has 3 aromatic rings. The van der Waals surface area contributed by atoms with E-state index in [1.165, 1.54) is 27.0 Å². The molecule has 4 rings (SSSR count). The third kappa shape index (κ3) is 4.63. The number of methoxy groups -OCH3 is 2. The number of benzene rings is 1. The quantitative estimate of drug-likeness (QED) is 0.457. The number of nitrogens with zero attached hydrogens (tertiary/aromatic N) is 3. The molecule has 1 fully saturated rings. The number of aromatic nitrogens is 1. The van der Waals surface area contributed by atoms with Gasteiger partial charge in [0.15, 0.2) is 16.3 Å². The van der Waals surface area contributed by atoms with E-state index in [1.54, 1.807) is 37.8 Å².